The second-order valence-corrected chi connectivity index (χ2v) is 5.30. The van der Waals surface area contributed by atoms with Gasteiger partial charge in [-0.1, -0.05) is 18.5 Å². The van der Waals surface area contributed by atoms with E-state index in [9.17, 15) is 0 Å². The molecular formula is C13H16ClNOS. The van der Waals surface area contributed by atoms with Crippen LogP contribution in [0.4, 0.5) is 0 Å². The molecule has 2 aromatic heterocycles. The Hall–Kier alpha value is -0.770. The summed E-state index contributed by atoms with van der Waals surface area (Å²) in [6, 6.07) is 6.21. The number of hydrogen-bond acceptors (Lipinski definition) is 3. The lowest BCUT2D eigenvalue weighted by atomic mass is 10.1. The molecule has 92 valence electrons. The number of rotatable bonds is 5. The molecule has 0 saturated heterocycles. The Morgan fingerprint density at radius 3 is 2.76 bits per heavy atom. The van der Waals surface area contributed by atoms with Crippen LogP contribution in [0.3, 0.4) is 0 Å². The van der Waals surface area contributed by atoms with Gasteiger partial charge in [-0.05, 0) is 30.6 Å². The van der Waals surface area contributed by atoms with E-state index in [1.807, 2.05) is 30.6 Å². The fourth-order valence-electron chi connectivity index (χ4n) is 1.77. The van der Waals surface area contributed by atoms with E-state index >= 15 is 0 Å². The second kappa shape index (κ2) is 5.71. The Bertz CT molecular complexity index is 477. The first-order valence-electron chi connectivity index (χ1n) is 5.72. The Morgan fingerprint density at radius 2 is 2.24 bits per heavy atom. The standard InChI is InChI=1S/C13H16ClNOS/c1-3-9-4-5-12(16-9)11(15-2)8-13-10(14)6-7-17-13/h4-7,11,15H,3,8H2,1-2H3. The van der Waals surface area contributed by atoms with Gasteiger partial charge >= 0.3 is 0 Å². The van der Waals surface area contributed by atoms with Gasteiger partial charge in [-0.3, -0.25) is 0 Å². The van der Waals surface area contributed by atoms with E-state index in [2.05, 4.69) is 12.2 Å². The second-order valence-electron chi connectivity index (χ2n) is 3.89. The van der Waals surface area contributed by atoms with E-state index in [0.29, 0.717) is 0 Å². The predicted molar refractivity (Wildman–Crippen MR) is 72.9 cm³/mol. The van der Waals surface area contributed by atoms with Crippen molar-refractivity contribution >= 4 is 22.9 Å². The summed E-state index contributed by atoms with van der Waals surface area (Å²) in [6.45, 7) is 2.09. The molecule has 0 aliphatic carbocycles. The van der Waals surface area contributed by atoms with Gasteiger partial charge in [0, 0.05) is 17.7 Å². The first kappa shape index (κ1) is 12.7. The molecule has 4 heteroatoms. The Kier molecular flexibility index (Phi) is 4.26. The predicted octanol–water partition coefficient (Wildman–Crippen LogP) is 4.06. The van der Waals surface area contributed by atoms with Crippen molar-refractivity contribution in [1.82, 2.24) is 5.32 Å². The third kappa shape index (κ3) is 2.92. The molecule has 0 spiro atoms. The summed E-state index contributed by atoms with van der Waals surface area (Å²) in [4.78, 5) is 1.19. The maximum absolute atomic E-state index is 6.11. The molecule has 0 radical (unpaired) electrons. The van der Waals surface area contributed by atoms with E-state index < -0.39 is 0 Å². The van der Waals surface area contributed by atoms with Gasteiger partial charge in [-0.25, -0.2) is 0 Å². The van der Waals surface area contributed by atoms with Gasteiger partial charge in [0.05, 0.1) is 11.1 Å². The molecule has 17 heavy (non-hydrogen) atoms. The van der Waals surface area contributed by atoms with Crippen LogP contribution < -0.4 is 5.32 Å². The van der Waals surface area contributed by atoms with Crippen LogP contribution >= 0.6 is 22.9 Å². The number of hydrogen-bond donors (Lipinski definition) is 1. The van der Waals surface area contributed by atoms with Crippen LogP contribution in [0, 0.1) is 0 Å². The highest BCUT2D eigenvalue weighted by Gasteiger charge is 2.16. The summed E-state index contributed by atoms with van der Waals surface area (Å²) in [6.07, 6.45) is 1.79. The van der Waals surface area contributed by atoms with E-state index in [0.717, 1.165) is 29.4 Å². The van der Waals surface area contributed by atoms with Gasteiger partial charge in [-0.15, -0.1) is 11.3 Å². The molecule has 2 heterocycles. The van der Waals surface area contributed by atoms with Crippen LogP contribution in [-0.4, -0.2) is 7.05 Å². The van der Waals surface area contributed by atoms with Crippen LogP contribution in [0.25, 0.3) is 0 Å². The van der Waals surface area contributed by atoms with E-state index in [1.165, 1.54) is 4.88 Å². The third-order valence-electron chi connectivity index (χ3n) is 2.80. The molecule has 0 aromatic carbocycles. The van der Waals surface area contributed by atoms with Crippen LogP contribution in [0.15, 0.2) is 28.0 Å². The topological polar surface area (TPSA) is 25.2 Å². The quantitative estimate of drug-likeness (QED) is 0.886. The molecule has 0 fully saturated rings. The van der Waals surface area contributed by atoms with Gasteiger partial charge in [0.2, 0.25) is 0 Å². The van der Waals surface area contributed by atoms with Gasteiger partial charge in [0.25, 0.3) is 0 Å². The molecule has 0 aliphatic rings. The fourth-order valence-corrected chi connectivity index (χ4v) is 2.93. The minimum atomic E-state index is 0.187. The van der Waals surface area contributed by atoms with Crippen molar-refractivity contribution in [3.8, 4) is 0 Å². The number of halogens is 1. The Balaban J connectivity index is 2.14. The van der Waals surface area contributed by atoms with Gasteiger partial charge in [0.15, 0.2) is 0 Å². The molecule has 1 atom stereocenters. The lowest BCUT2D eigenvalue weighted by Gasteiger charge is -2.12. The van der Waals surface area contributed by atoms with Crippen molar-refractivity contribution < 1.29 is 4.42 Å². The zero-order chi connectivity index (χ0) is 12.3. The minimum absolute atomic E-state index is 0.187. The fraction of sp³-hybridized carbons (Fsp3) is 0.385. The molecular weight excluding hydrogens is 254 g/mol. The summed E-state index contributed by atoms with van der Waals surface area (Å²) < 4.78 is 5.77. The summed E-state index contributed by atoms with van der Waals surface area (Å²) in [5.74, 6) is 2.01. The van der Waals surface area contributed by atoms with Crippen molar-refractivity contribution in [2.45, 2.75) is 25.8 Å². The molecule has 0 saturated carbocycles. The highest BCUT2D eigenvalue weighted by Crippen LogP contribution is 2.28. The lowest BCUT2D eigenvalue weighted by molar-refractivity contribution is 0.408. The average molecular weight is 270 g/mol. The molecule has 0 aliphatic heterocycles. The van der Waals surface area contributed by atoms with E-state index in [-0.39, 0.29) is 6.04 Å². The Morgan fingerprint density at radius 1 is 1.41 bits per heavy atom. The molecule has 1 unspecified atom stereocenters. The maximum atomic E-state index is 6.11. The summed E-state index contributed by atoms with van der Waals surface area (Å²) in [5, 5.41) is 6.14. The van der Waals surface area contributed by atoms with Crippen LogP contribution in [-0.2, 0) is 12.8 Å². The molecule has 2 aromatic rings. The first-order chi connectivity index (χ1) is 8.24. The van der Waals surface area contributed by atoms with E-state index in [4.69, 9.17) is 16.0 Å². The monoisotopic (exact) mass is 269 g/mol. The van der Waals surface area contributed by atoms with Crippen molar-refractivity contribution in [2.75, 3.05) is 7.05 Å². The highest BCUT2D eigenvalue weighted by atomic mass is 35.5. The molecule has 1 N–H and O–H groups in total. The lowest BCUT2D eigenvalue weighted by Crippen LogP contribution is -2.17. The number of thiophene rings is 1. The van der Waals surface area contributed by atoms with Crippen molar-refractivity contribution in [2.24, 2.45) is 0 Å². The van der Waals surface area contributed by atoms with Crippen LogP contribution in [0.1, 0.15) is 29.4 Å². The third-order valence-corrected chi connectivity index (χ3v) is 4.21. The molecule has 2 nitrogen and oxygen atoms in total. The summed E-state index contributed by atoms with van der Waals surface area (Å²) in [5.41, 5.74) is 0. The van der Waals surface area contributed by atoms with Gasteiger partial charge in [0.1, 0.15) is 11.5 Å². The number of furan rings is 1. The first-order valence-corrected chi connectivity index (χ1v) is 6.98. The van der Waals surface area contributed by atoms with Gasteiger partial charge < -0.3 is 9.73 Å². The zero-order valence-electron chi connectivity index (χ0n) is 10.00. The largest absolute Gasteiger partial charge is 0.464 e. The Labute approximate surface area is 111 Å². The SMILES string of the molecule is CCc1ccc(C(Cc2sccc2Cl)NC)o1. The van der Waals surface area contributed by atoms with Crippen molar-refractivity contribution in [3.05, 3.63) is 45.0 Å². The number of aryl methyl sites for hydroxylation is 1. The average Bonchev–Trinajstić information content (AvgIpc) is 2.95. The smallest absolute Gasteiger partial charge is 0.121 e. The summed E-state index contributed by atoms with van der Waals surface area (Å²) in [7, 11) is 1.94. The van der Waals surface area contributed by atoms with Crippen LogP contribution in [0.2, 0.25) is 5.02 Å². The van der Waals surface area contributed by atoms with Crippen LogP contribution in [0.5, 0.6) is 0 Å². The van der Waals surface area contributed by atoms with Crippen molar-refractivity contribution in [3.63, 3.8) is 0 Å². The molecule has 2 rings (SSSR count). The number of nitrogens with one attached hydrogen (secondary N) is 1. The normalized spacial score (nSPS) is 12.9. The van der Waals surface area contributed by atoms with Gasteiger partial charge in [-0.2, -0.15) is 0 Å². The highest BCUT2D eigenvalue weighted by molar-refractivity contribution is 7.10. The summed E-state index contributed by atoms with van der Waals surface area (Å²) >= 11 is 7.80. The zero-order valence-corrected chi connectivity index (χ0v) is 11.6. The number of likely N-dealkylation sites (N-methyl/N-ethyl adjacent to an activating group) is 1. The van der Waals surface area contributed by atoms with E-state index in [1.54, 1.807) is 11.3 Å². The minimum Gasteiger partial charge on any atom is -0.464 e. The van der Waals surface area contributed by atoms with Crippen molar-refractivity contribution in [1.29, 1.82) is 0 Å². The molecule has 0 amide bonds. The maximum Gasteiger partial charge on any atom is 0.121 e. The molecule has 0 bridgehead atoms.